The van der Waals surface area contributed by atoms with E-state index in [0.717, 1.165) is 16.7 Å². The number of hydrogen-bond donors (Lipinski definition) is 3. The van der Waals surface area contributed by atoms with Crippen LogP contribution in [0.15, 0.2) is 48.5 Å². The van der Waals surface area contributed by atoms with Crippen molar-refractivity contribution >= 4 is 23.5 Å². The highest BCUT2D eigenvalue weighted by molar-refractivity contribution is 5.91. The molecule has 0 bridgehead atoms. The highest BCUT2D eigenvalue weighted by atomic mass is 16.4. The number of carbonyl (C=O) groups is 3. The van der Waals surface area contributed by atoms with Crippen LogP contribution >= 0.6 is 0 Å². The van der Waals surface area contributed by atoms with Crippen LogP contribution in [-0.4, -0.2) is 22.9 Å². The van der Waals surface area contributed by atoms with Gasteiger partial charge in [0.05, 0.1) is 12.5 Å². The third-order valence-electron chi connectivity index (χ3n) is 4.11. The fourth-order valence-corrected chi connectivity index (χ4v) is 2.70. The van der Waals surface area contributed by atoms with Gasteiger partial charge in [0.2, 0.25) is 11.8 Å². The highest BCUT2D eigenvalue weighted by Gasteiger charge is 2.17. The molecular weight excluding hydrogens is 344 g/mol. The summed E-state index contributed by atoms with van der Waals surface area (Å²) >= 11 is 0. The molecule has 2 rings (SSSR count). The molecule has 0 fully saturated rings. The van der Waals surface area contributed by atoms with Gasteiger partial charge in [0.1, 0.15) is 0 Å². The molecule has 0 radical (unpaired) electrons. The summed E-state index contributed by atoms with van der Waals surface area (Å²) in [4.78, 5) is 34.5. The Bertz CT molecular complexity index is 798. The van der Waals surface area contributed by atoms with Crippen LogP contribution in [0.4, 0.5) is 5.69 Å². The Morgan fingerprint density at radius 2 is 1.63 bits per heavy atom. The largest absolute Gasteiger partial charge is 0.481 e. The van der Waals surface area contributed by atoms with Crippen molar-refractivity contribution in [1.82, 2.24) is 5.32 Å². The topological polar surface area (TPSA) is 95.5 Å². The number of amides is 2. The maximum Gasteiger partial charge on any atom is 0.303 e. The van der Waals surface area contributed by atoms with E-state index in [1.807, 2.05) is 31.2 Å². The van der Waals surface area contributed by atoms with Crippen molar-refractivity contribution in [3.05, 3.63) is 65.2 Å². The number of anilines is 1. The summed E-state index contributed by atoms with van der Waals surface area (Å²) in [5.74, 6) is -1.25. The fourth-order valence-electron chi connectivity index (χ4n) is 2.70. The van der Waals surface area contributed by atoms with E-state index in [9.17, 15) is 14.4 Å². The molecule has 27 heavy (non-hydrogen) atoms. The second-order valence-electron chi connectivity index (χ2n) is 6.51. The quantitative estimate of drug-likeness (QED) is 0.667. The van der Waals surface area contributed by atoms with Gasteiger partial charge in [-0.2, -0.15) is 0 Å². The molecular formula is C21H24N2O4. The molecule has 0 aliphatic heterocycles. The van der Waals surface area contributed by atoms with Crippen LogP contribution < -0.4 is 10.6 Å². The van der Waals surface area contributed by atoms with Gasteiger partial charge in [0.25, 0.3) is 0 Å². The minimum Gasteiger partial charge on any atom is -0.481 e. The summed E-state index contributed by atoms with van der Waals surface area (Å²) in [5, 5.41) is 14.3. The molecule has 0 spiro atoms. The molecule has 2 aromatic carbocycles. The average molecular weight is 368 g/mol. The molecule has 0 heterocycles. The summed E-state index contributed by atoms with van der Waals surface area (Å²) in [5.41, 5.74) is 3.50. The average Bonchev–Trinajstić information content (AvgIpc) is 2.60. The van der Waals surface area contributed by atoms with Gasteiger partial charge >= 0.3 is 5.97 Å². The summed E-state index contributed by atoms with van der Waals surface area (Å²) in [6.07, 6.45) is 0.631. The third-order valence-corrected chi connectivity index (χ3v) is 4.11. The van der Waals surface area contributed by atoms with Crippen LogP contribution in [-0.2, 0) is 20.8 Å². The van der Waals surface area contributed by atoms with Gasteiger partial charge in [-0.15, -0.1) is 0 Å². The first-order chi connectivity index (χ1) is 12.8. The van der Waals surface area contributed by atoms with Crippen molar-refractivity contribution in [2.45, 2.75) is 39.2 Å². The van der Waals surface area contributed by atoms with E-state index in [1.165, 1.54) is 6.92 Å². The number of hydrogen-bond acceptors (Lipinski definition) is 3. The smallest absolute Gasteiger partial charge is 0.303 e. The molecule has 0 aliphatic rings. The van der Waals surface area contributed by atoms with Gasteiger partial charge in [-0.25, -0.2) is 0 Å². The Morgan fingerprint density at radius 3 is 2.19 bits per heavy atom. The van der Waals surface area contributed by atoms with E-state index in [-0.39, 0.29) is 24.7 Å². The van der Waals surface area contributed by atoms with Gasteiger partial charge in [0.15, 0.2) is 0 Å². The van der Waals surface area contributed by atoms with E-state index in [1.54, 1.807) is 24.3 Å². The van der Waals surface area contributed by atoms with Crippen molar-refractivity contribution in [1.29, 1.82) is 0 Å². The van der Waals surface area contributed by atoms with Gasteiger partial charge < -0.3 is 15.7 Å². The Hall–Kier alpha value is -3.15. The van der Waals surface area contributed by atoms with Crippen LogP contribution in [0.3, 0.4) is 0 Å². The lowest BCUT2D eigenvalue weighted by Crippen LogP contribution is -2.29. The normalized spacial score (nSPS) is 11.5. The van der Waals surface area contributed by atoms with Crippen molar-refractivity contribution in [3.8, 4) is 0 Å². The van der Waals surface area contributed by atoms with Crippen LogP contribution in [0.1, 0.15) is 42.5 Å². The Labute approximate surface area is 158 Å². The van der Waals surface area contributed by atoms with Crippen LogP contribution in [0, 0.1) is 6.92 Å². The standard InChI is InChI=1S/C21H24N2O4/c1-14-3-8-17(9-4-14)19(22-15(2)24)13-20(25)23-18-10-5-16(6-11-18)7-12-21(26)27/h3-6,8-11,19H,7,12-13H2,1-2H3,(H,22,24)(H,23,25)(H,26,27). The van der Waals surface area contributed by atoms with Crippen molar-refractivity contribution in [2.24, 2.45) is 0 Å². The number of nitrogens with one attached hydrogen (secondary N) is 2. The molecule has 0 saturated carbocycles. The summed E-state index contributed by atoms with van der Waals surface area (Å²) < 4.78 is 0. The fraction of sp³-hybridized carbons (Fsp3) is 0.286. The number of carboxylic acids is 1. The lowest BCUT2D eigenvalue weighted by Gasteiger charge is -2.18. The second kappa shape index (κ2) is 9.52. The minimum absolute atomic E-state index is 0.0701. The molecule has 0 aliphatic carbocycles. The monoisotopic (exact) mass is 368 g/mol. The highest BCUT2D eigenvalue weighted by Crippen LogP contribution is 2.19. The van der Waals surface area contributed by atoms with Gasteiger partial charge in [-0.3, -0.25) is 14.4 Å². The molecule has 2 amide bonds. The lowest BCUT2D eigenvalue weighted by molar-refractivity contribution is -0.137. The molecule has 6 heteroatoms. The SMILES string of the molecule is CC(=O)NC(CC(=O)Nc1ccc(CCC(=O)O)cc1)c1ccc(C)cc1. The Kier molecular flexibility index (Phi) is 7.11. The van der Waals surface area contributed by atoms with Crippen LogP contribution in [0.25, 0.3) is 0 Å². The summed E-state index contributed by atoms with van der Waals surface area (Å²) in [6, 6.07) is 14.4. The molecule has 142 valence electrons. The molecule has 0 aromatic heterocycles. The first kappa shape index (κ1) is 20.2. The van der Waals surface area contributed by atoms with E-state index in [0.29, 0.717) is 12.1 Å². The molecule has 6 nitrogen and oxygen atoms in total. The van der Waals surface area contributed by atoms with Gasteiger partial charge in [-0.05, 0) is 36.6 Å². The zero-order chi connectivity index (χ0) is 19.8. The molecule has 3 N–H and O–H groups in total. The number of benzene rings is 2. The van der Waals surface area contributed by atoms with Gasteiger partial charge in [0, 0.05) is 19.0 Å². The maximum absolute atomic E-state index is 12.4. The second-order valence-corrected chi connectivity index (χ2v) is 6.51. The zero-order valence-electron chi connectivity index (χ0n) is 15.5. The maximum atomic E-state index is 12.4. The van der Waals surface area contributed by atoms with Crippen LogP contribution in [0.5, 0.6) is 0 Å². The molecule has 1 unspecified atom stereocenters. The Morgan fingerprint density at radius 1 is 1.00 bits per heavy atom. The predicted octanol–water partition coefficient (Wildman–Crippen LogP) is 3.22. The minimum atomic E-state index is -0.840. The first-order valence-electron chi connectivity index (χ1n) is 8.77. The van der Waals surface area contributed by atoms with E-state index in [4.69, 9.17) is 5.11 Å². The number of carboxylic acid groups (broad SMARTS) is 1. The van der Waals surface area contributed by atoms with Crippen molar-refractivity contribution in [2.75, 3.05) is 5.32 Å². The summed E-state index contributed by atoms with van der Waals surface area (Å²) in [6.45, 7) is 3.40. The predicted molar refractivity (Wildman–Crippen MR) is 103 cm³/mol. The van der Waals surface area contributed by atoms with Crippen molar-refractivity contribution in [3.63, 3.8) is 0 Å². The molecule has 2 aromatic rings. The van der Waals surface area contributed by atoms with Crippen LogP contribution in [0.2, 0.25) is 0 Å². The number of rotatable bonds is 8. The zero-order valence-corrected chi connectivity index (χ0v) is 15.5. The molecule has 1 atom stereocenters. The van der Waals surface area contributed by atoms with E-state index < -0.39 is 12.0 Å². The van der Waals surface area contributed by atoms with Gasteiger partial charge in [-0.1, -0.05) is 42.0 Å². The Balaban J connectivity index is 1.99. The number of carbonyl (C=O) groups excluding carboxylic acids is 2. The number of aryl methyl sites for hydroxylation is 2. The number of aliphatic carboxylic acids is 1. The van der Waals surface area contributed by atoms with E-state index >= 15 is 0 Å². The van der Waals surface area contributed by atoms with Crippen molar-refractivity contribution < 1.29 is 19.5 Å². The van der Waals surface area contributed by atoms with E-state index in [2.05, 4.69) is 10.6 Å². The third kappa shape index (κ3) is 6.93. The first-order valence-corrected chi connectivity index (χ1v) is 8.77. The summed E-state index contributed by atoms with van der Waals surface area (Å²) in [7, 11) is 0. The molecule has 0 saturated heterocycles. The lowest BCUT2D eigenvalue weighted by atomic mass is 10.0.